The number of anilines is 4. The van der Waals surface area contributed by atoms with Crippen LogP contribution in [0.3, 0.4) is 0 Å². The van der Waals surface area contributed by atoms with E-state index in [9.17, 15) is 23.6 Å². The third-order valence-corrected chi connectivity index (χ3v) is 12.3. The molecule has 3 aromatic rings. The Hall–Kier alpha value is -5.22. The Labute approximate surface area is 336 Å². The second-order valence-electron chi connectivity index (χ2n) is 16.1. The van der Waals surface area contributed by atoms with Crippen LogP contribution in [0, 0.1) is 17.6 Å². The van der Waals surface area contributed by atoms with Crippen LogP contribution in [0.1, 0.15) is 64.2 Å². The van der Waals surface area contributed by atoms with Gasteiger partial charge in [-0.2, -0.15) is 0 Å². The van der Waals surface area contributed by atoms with Crippen LogP contribution < -0.4 is 31.1 Å². The molecule has 5 heterocycles. The number of piperidine rings is 3. The molecular formula is C42H51F2N9O5. The standard InChI is InChI=1S/C42H51F2N9O5/c43-33-23-30(46-35-9-11-37(54)49-41(35)57)8-10-36(33)52-18-14-31(15-19-52)51-16-12-26(13-17-51)40(56)47-28-4-6-29(7-5-28)48-42-45-24-34(44)39(50-42)27-2-1-3-32(22-27)53-20-21-58-25-38(53)55/h1-3,8,10,22-24,26,28-29,31,35,46H,4-7,9,11-21,25H2,(H,47,56)(H,45,48,50)(H,49,54,57). The molecule has 58 heavy (non-hydrogen) atoms. The minimum Gasteiger partial charge on any atom is -0.374 e. The van der Waals surface area contributed by atoms with Gasteiger partial charge in [-0.15, -0.1) is 0 Å². The maximum absolute atomic E-state index is 15.2. The lowest BCUT2D eigenvalue weighted by Crippen LogP contribution is -2.50. The van der Waals surface area contributed by atoms with Crippen molar-refractivity contribution in [2.24, 2.45) is 5.92 Å². The van der Waals surface area contributed by atoms with Crippen LogP contribution in [-0.2, 0) is 23.9 Å². The van der Waals surface area contributed by atoms with Gasteiger partial charge in [-0.3, -0.25) is 24.5 Å². The molecule has 1 aliphatic carbocycles. The molecule has 0 radical (unpaired) electrons. The molecule has 4 N–H and O–H groups in total. The second kappa shape index (κ2) is 17.7. The number of hydrogen-bond donors (Lipinski definition) is 4. The number of nitrogens with one attached hydrogen (secondary N) is 4. The number of nitrogens with zero attached hydrogens (tertiary/aromatic N) is 5. The highest BCUT2D eigenvalue weighted by molar-refractivity contribution is 6.01. The van der Waals surface area contributed by atoms with Crippen molar-refractivity contribution in [3.8, 4) is 11.3 Å². The molecule has 4 aliphatic heterocycles. The number of aromatic nitrogens is 2. The Balaban J connectivity index is 0.754. The smallest absolute Gasteiger partial charge is 0.253 e. The minimum atomic E-state index is -0.563. The summed E-state index contributed by atoms with van der Waals surface area (Å²) in [7, 11) is 0. The Morgan fingerprint density at radius 2 is 1.60 bits per heavy atom. The molecule has 1 atom stereocenters. The van der Waals surface area contributed by atoms with Crippen molar-refractivity contribution in [1.29, 1.82) is 0 Å². The van der Waals surface area contributed by atoms with Crippen molar-refractivity contribution in [2.45, 2.75) is 88.4 Å². The summed E-state index contributed by atoms with van der Waals surface area (Å²) >= 11 is 0. The molecule has 14 nitrogen and oxygen atoms in total. The molecule has 0 bridgehead atoms. The lowest BCUT2D eigenvalue weighted by Gasteiger charge is -2.42. The van der Waals surface area contributed by atoms with E-state index in [0.29, 0.717) is 54.2 Å². The molecule has 1 saturated carbocycles. The van der Waals surface area contributed by atoms with Gasteiger partial charge in [-0.25, -0.2) is 18.7 Å². The third-order valence-electron chi connectivity index (χ3n) is 12.3. The number of likely N-dealkylation sites (tertiary alicyclic amines) is 1. The Morgan fingerprint density at radius 1 is 0.828 bits per heavy atom. The molecule has 5 fully saturated rings. The normalized spacial score (nSPS) is 24.0. The van der Waals surface area contributed by atoms with Crippen molar-refractivity contribution in [3.05, 3.63) is 60.3 Å². The number of rotatable bonds is 10. The zero-order chi connectivity index (χ0) is 40.2. The van der Waals surface area contributed by atoms with Gasteiger partial charge >= 0.3 is 0 Å². The summed E-state index contributed by atoms with van der Waals surface area (Å²) in [5.74, 6) is -1.24. The van der Waals surface area contributed by atoms with Crippen LogP contribution >= 0.6 is 0 Å². The minimum absolute atomic E-state index is 0.0144. The average Bonchev–Trinajstić information content (AvgIpc) is 3.24. The summed E-state index contributed by atoms with van der Waals surface area (Å²) in [6.45, 7) is 4.11. The van der Waals surface area contributed by atoms with E-state index in [2.05, 4.69) is 41.0 Å². The molecule has 16 heteroatoms. The first kappa shape index (κ1) is 39.6. The SMILES string of the molecule is O=C1CCC(Nc2ccc(N3CCC(N4CCC(C(=O)NC5CCC(Nc6ncc(F)c(-c7cccc(N8CCOCC8=O)c7)n6)CC5)CC4)CC3)c(F)c2)C(=O)N1. The molecule has 1 unspecified atom stereocenters. The fraction of sp³-hybridized carbons (Fsp3) is 0.524. The number of morpholine rings is 1. The largest absolute Gasteiger partial charge is 0.374 e. The summed E-state index contributed by atoms with van der Waals surface area (Å²) in [5.41, 5.74) is 2.45. The number of imide groups is 1. The summed E-state index contributed by atoms with van der Waals surface area (Å²) in [6, 6.07) is 12.1. The van der Waals surface area contributed by atoms with Gasteiger partial charge in [0.15, 0.2) is 5.82 Å². The summed E-state index contributed by atoms with van der Waals surface area (Å²) in [4.78, 5) is 64.2. The van der Waals surface area contributed by atoms with Crippen molar-refractivity contribution < 1.29 is 32.7 Å². The summed E-state index contributed by atoms with van der Waals surface area (Å²) in [6.07, 6.45) is 8.55. The van der Waals surface area contributed by atoms with Gasteiger partial charge in [0.2, 0.25) is 23.7 Å². The number of carbonyl (C=O) groups excluding carboxylic acids is 4. The van der Waals surface area contributed by atoms with E-state index in [1.807, 2.05) is 6.07 Å². The molecule has 2 aromatic carbocycles. The number of hydrogen-bond acceptors (Lipinski definition) is 11. The van der Waals surface area contributed by atoms with E-state index in [1.165, 1.54) is 12.3 Å². The zero-order valence-corrected chi connectivity index (χ0v) is 32.6. The molecular weight excluding hydrogens is 749 g/mol. The van der Waals surface area contributed by atoms with Crippen LogP contribution in [-0.4, -0.2) is 109 Å². The zero-order valence-electron chi connectivity index (χ0n) is 32.6. The first-order chi connectivity index (χ1) is 28.2. The molecule has 5 aliphatic rings. The first-order valence-electron chi connectivity index (χ1n) is 20.6. The number of benzene rings is 2. The lowest BCUT2D eigenvalue weighted by atomic mass is 9.89. The average molecular weight is 800 g/mol. The highest BCUT2D eigenvalue weighted by atomic mass is 19.1. The maximum atomic E-state index is 15.2. The van der Waals surface area contributed by atoms with Gasteiger partial charge in [-0.05, 0) is 101 Å². The van der Waals surface area contributed by atoms with Crippen molar-refractivity contribution >= 4 is 46.6 Å². The molecule has 4 amide bonds. The molecule has 1 aromatic heterocycles. The van der Waals surface area contributed by atoms with Gasteiger partial charge < -0.3 is 35.4 Å². The second-order valence-corrected chi connectivity index (χ2v) is 16.1. The lowest BCUT2D eigenvalue weighted by molar-refractivity contribution is -0.133. The number of halogens is 2. The highest BCUT2D eigenvalue weighted by Gasteiger charge is 2.33. The van der Waals surface area contributed by atoms with Gasteiger partial charge in [0.1, 0.15) is 24.2 Å². The number of ether oxygens (including phenoxy) is 1. The molecule has 8 rings (SSSR count). The van der Waals surface area contributed by atoms with Crippen LogP contribution in [0.5, 0.6) is 0 Å². The Morgan fingerprint density at radius 3 is 2.34 bits per heavy atom. The Bertz CT molecular complexity index is 2000. The van der Waals surface area contributed by atoms with Gasteiger partial charge in [0, 0.05) is 67.0 Å². The number of carbonyl (C=O) groups is 4. The van der Waals surface area contributed by atoms with Gasteiger partial charge in [0.05, 0.1) is 18.5 Å². The van der Waals surface area contributed by atoms with Crippen molar-refractivity contribution in [1.82, 2.24) is 25.5 Å². The fourth-order valence-corrected chi connectivity index (χ4v) is 9.02. The van der Waals surface area contributed by atoms with E-state index in [-0.39, 0.29) is 66.2 Å². The summed E-state index contributed by atoms with van der Waals surface area (Å²) < 4.78 is 35.4. The van der Waals surface area contributed by atoms with E-state index in [4.69, 9.17) is 4.74 Å². The van der Waals surface area contributed by atoms with Crippen LogP contribution in [0.15, 0.2) is 48.7 Å². The highest BCUT2D eigenvalue weighted by Crippen LogP contribution is 2.31. The summed E-state index contributed by atoms with van der Waals surface area (Å²) in [5, 5.41) is 12.1. The first-order valence-corrected chi connectivity index (χ1v) is 20.6. The van der Waals surface area contributed by atoms with E-state index in [1.54, 1.807) is 35.2 Å². The predicted octanol–water partition coefficient (Wildman–Crippen LogP) is 4.22. The van der Waals surface area contributed by atoms with E-state index >= 15 is 4.39 Å². The van der Waals surface area contributed by atoms with Crippen LogP contribution in [0.2, 0.25) is 0 Å². The molecule has 308 valence electrons. The van der Waals surface area contributed by atoms with E-state index in [0.717, 1.165) is 77.5 Å². The van der Waals surface area contributed by atoms with Crippen LogP contribution in [0.4, 0.5) is 31.8 Å². The predicted molar refractivity (Wildman–Crippen MR) is 214 cm³/mol. The number of amides is 4. The fourth-order valence-electron chi connectivity index (χ4n) is 9.02. The van der Waals surface area contributed by atoms with Gasteiger partial charge in [0.25, 0.3) is 5.91 Å². The maximum Gasteiger partial charge on any atom is 0.253 e. The van der Waals surface area contributed by atoms with Crippen molar-refractivity contribution in [2.75, 3.05) is 66.4 Å². The third kappa shape index (κ3) is 9.23. The topological polar surface area (TPSA) is 161 Å². The van der Waals surface area contributed by atoms with Crippen LogP contribution in [0.25, 0.3) is 11.3 Å². The molecule has 0 spiro atoms. The molecule has 4 saturated heterocycles. The van der Waals surface area contributed by atoms with Crippen molar-refractivity contribution in [3.63, 3.8) is 0 Å². The van der Waals surface area contributed by atoms with Gasteiger partial charge in [-0.1, -0.05) is 12.1 Å². The van der Waals surface area contributed by atoms with E-state index < -0.39 is 11.9 Å². The quantitative estimate of drug-likeness (QED) is 0.218. The monoisotopic (exact) mass is 799 g/mol. The Kier molecular flexibility index (Phi) is 12.1.